The van der Waals surface area contributed by atoms with Gasteiger partial charge in [0.05, 0.1) is 37.7 Å². The molecule has 1 spiro atoms. The summed E-state index contributed by atoms with van der Waals surface area (Å²) in [5, 5.41) is 17.5. The number of hydrogen-bond acceptors (Lipinski definition) is 8. The number of hydrogen-bond donors (Lipinski definition) is 1. The van der Waals surface area contributed by atoms with Crippen molar-refractivity contribution in [2.45, 2.75) is 63.2 Å². The van der Waals surface area contributed by atoms with E-state index in [1.54, 1.807) is 40.9 Å². The number of aryl methyl sites for hydroxylation is 1. The Morgan fingerprint density at radius 1 is 1.18 bits per heavy atom. The first-order chi connectivity index (χ1) is 21.1. The molecule has 13 heteroatoms. The summed E-state index contributed by atoms with van der Waals surface area (Å²) in [4.78, 5) is 29.9. The normalized spacial score (nSPS) is 24.8. The number of amides is 2. The molecule has 1 N–H and O–H groups in total. The summed E-state index contributed by atoms with van der Waals surface area (Å²) in [5.74, 6) is -0.0739. The summed E-state index contributed by atoms with van der Waals surface area (Å²) < 4.78 is 35.3. The highest BCUT2D eigenvalue weighted by Crippen LogP contribution is 2.60. The highest BCUT2D eigenvalue weighted by atomic mass is 28.4. The number of aliphatic hydroxyl groups is 1. The maximum atomic E-state index is 16.2. The summed E-state index contributed by atoms with van der Waals surface area (Å²) in [5.41, 5.74) is 1.84. The molecule has 11 nitrogen and oxygen atoms in total. The molecule has 3 aromatic rings. The van der Waals surface area contributed by atoms with E-state index in [9.17, 15) is 14.7 Å². The van der Waals surface area contributed by atoms with Crippen LogP contribution in [0.15, 0.2) is 48.7 Å². The number of anilines is 2. The number of carbonyl (C=O) groups is 2. The van der Waals surface area contributed by atoms with Crippen molar-refractivity contribution in [3.05, 3.63) is 65.5 Å². The summed E-state index contributed by atoms with van der Waals surface area (Å²) in [6.45, 7) is 6.83. The molecule has 0 unspecified atom stereocenters. The van der Waals surface area contributed by atoms with Crippen molar-refractivity contribution < 1.29 is 33.0 Å². The third-order valence-corrected chi connectivity index (χ3v) is 11.6. The standard InChI is InChI=1S/C31H38FN5O6Si/c1-20-28(44(3,4)32)27(11-13-35-19-22(12-15-38)33-34-35)43-31(20)25-17-24(41-2)9-10-26(25)37(29(31)39)18-21-5-7-23(8-6-21)36-14-16-42-30(36)40/h5-10,17,19-20,27-28,38H,11-16,18H2,1-4H3/t20-,27+,28-,31+/m0/s1. The zero-order valence-electron chi connectivity index (χ0n) is 25.4. The Morgan fingerprint density at radius 2 is 1.95 bits per heavy atom. The van der Waals surface area contributed by atoms with Gasteiger partial charge in [0.15, 0.2) is 5.60 Å². The molecule has 0 bridgehead atoms. The topological polar surface area (TPSA) is 119 Å². The van der Waals surface area contributed by atoms with Gasteiger partial charge in [-0.3, -0.25) is 14.4 Å². The quantitative estimate of drug-likeness (QED) is 0.264. The van der Waals surface area contributed by atoms with E-state index in [2.05, 4.69) is 10.3 Å². The molecule has 44 heavy (non-hydrogen) atoms. The molecular weight excluding hydrogens is 585 g/mol. The van der Waals surface area contributed by atoms with Crippen LogP contribution in [0.3, 0.4) is 0 Å². The van der Waals surface area contributed by atoms with E-state index in [-0.39, 0.29) is 25.2 Å². The number of nitrogens with zero attached hydrogens (tertiary/aromatic N) is 5. The number of rotatable bonds is 10. The highest BCUT2D eigenvalue weighted by Gasteiger charge is 2.66. The summed E-state index contributed by atoms with van der Waals surface area (Å²) >= 11 is 0. The van der Waals surface area contributed by atoms with Gasteiger partial charge in [-0.2, -0.15) is 0 Å². The smallest absolute Gasteiger partial charge is 0.414 e. The second-order valence-electron chi connectivity index (χ2n) is 12.2. The minimum atomic E-state index is -3.33. The van der Waals surface area contributed by atoms with Crippen LogP contribution in [-0.4, -0.2) is 73.5 Å². The fourth-order valence-electron chi connectivity index (χ4n) is 7.11. The molecule has 4 atom stereocenters. The zero-order chi connectivity index (χ0) is 31.2. The van der Waals surface area contributed by atoms with E-state index in [0.717, 1.165) is 11.3 Å². The van der Waals surface area contributed by atoms with Crippen molar-refractivity contribution >= 4 is 31.8 Å². The lowest BCUT2D eigenvalue weighted by atomic mass is 9.82. The number of halogens is 1. The number of methoxy groups -OCH3 is 1. The second-order valence-corrected chi connectivity index (χ2v) is 16.0. The van der Waals surface area contributed by atoms with Crippen LogP contribution in [0.2, 0.25) is 18.6 Å². The highest BCUT2D eigenvalue weighted by molar-refractivity contribution is 6.72. The van der Waals surface area contributed by atoms with E-state index >= 15 is 4.11 Å². The fraction of sp³-hybridized carbons (Fsp3) is 0.484. The Kier molecular flexibility index (Phi) is 7.97. The molecule has 1 aromatic heterocycles. The van der Waals surface area contributed by atoms with E-state index in [1.165, 1.54) is 0 Å². The third kappa shape index (κ3) is 5.16. The zero-order valence-corrected chi connectivity index (χ0v) is 26.4. The molecule has 234 valence electrons. The maximum absolute atomic E-state index is 16.2. The fourth-order valence-corrected chi connectivity index (χ4v) is 9.65. The Morgan fingerprint density at radius 3 is 2.61 bits per heavy atom. The SMILES string of the molecule is COc1ccc2c(c1)[C@@]1(O[C@H](CCn3cc(CCO)nn3)[C@@H]([Si](C)(C)F)[C@@H]1C)C(=O)N2Cc1ccc(N2CCOC2=O)cc1. The molecule has 0 saturated carbocycles. The van der Waals surface area contributed by atoms with Crippen LogP contribution in [-0.2, 0) is 39.4 Å². The first-order valence-electron chi connectivity index (χ1n) is 15.0. The van der Waals surface area contributed by atoms with Gasteiger partial charge < -0.3 is 28.3 Å². The average molecular weight is 624 g/mol. The van der Waals surface area contributed by atoms with Gasteiger partial charge in [0, 0.05) is 48.5 Å². The number of fused-ring (bicyclic) bond motifs is 2. The van der Waals surface area contributed by atoms with Crippen LogP contribution >= 0.6 is 0 Å². The Bertz CT molecular complexity index is 1540. The molecule has 2 amide bonds. The predicted molar refractivity (Wildman–Crippen MR) is 163 cm³/mol. The number of benzene rings is 2. The van der Waals surface area contributed by atoms with E-state index in [1.807, 2.05) is 49.4 Å². The minimum absolute atomic E-state index is 0.0209. The van der Waals surface area contributed by atoms with Crippen molar-refractivity contribution in [1.82, 2.24) is 15.0 Å². The van der Waals surface area contributed by atoms with Gasteiger partial charge in [-0.05, 0) is 55.4 Å². The first kappa shape index (κ1) is 30.2. The maximum Gasteiger partial charge on any atom is 0.414 e. The van der Waals surface area contributed by atoms with Crippen LogP contribution in [0, 0.1) is 5.92 Å². The molecule has 2 saturated heterocycles. The molecule has 2 fully saturated rings. The monoisotopic (exact) mass is 623 g/mol. The molecule has 6 rings (SSSR count). The molecule has 4 heterocycles. The van der Waals surface area contributed by atoms with Crippen LogP contribution in [0.1, 0.15) is 30.2 Å². The molecule has 3 aliphatic heterocycles. The van der Waals surface area contributed by atoms with Gasteiger partial charge >= 0.3 is 6.09 Å². The lowest BCUT2D eigenvalue weighted by Gasteiger charge is -2.31. The molecule has 3 aliphatic rings. The molecular formula is C31H38FN5O6Si. The van der Waals surface area contributed by atoms with E-state index in [0.29, 0.717) is 55.2 Å². The van der Waals surface area contributed by atoms with Crippen LogP contribution < -0.4 is 14.5 Å². The Labute approximate surface area is 256 Å². The average Bonchev–Trinajstić information content (AvgIpc) is 3.75. The van der Waals surface area contributed by atoms with Crippen LogP contribution in [0.4, 0.5) is 20.3 Å². The lowest BCUT2D eigenvalue weighted by Crippen LogP contribution is -2.45. The summed E-state index contributed by atoms with van der Waals surface area (Å²) in [7, 11) is -1.76. The van der Waals surface area contributed by atoms with Crippen LogP contribution in [0.5, 0.6) is 5.75 Å². The Hall–Kier alpha value is -3.81. The number of ether oxygens (including phenoxy) is 3. The predicted octanol–water partition coefficient (Wildman–Crippen LogP) is 4.19. The van der Waals surface area contributed by atoms with E-state index < -0.39 is 31.6 Å². The van der Waals surface area contributed by atoms with Crippen molar-refractivity contribution in [2.24, 2.45) is 5.92 Å². The van der Waals surface area contributed by atoms with Crippen molar-refractivity contribution in [3.8, 4) is 5.75 Å². The van der Waals surface area contributed by atoms with Crippen molar-refractivity contribution in [3.63, 3.8) is 0 Å². The number of cyclic esters (lactones) is 1. The Balaban J connectivity index is 1.32. The number of aliphatic hydroxyl groups excluding tert-OH is 1. The first-order valence-corrected chi connectivity index (χ1v) is 17.9. The number of carbonyl (C=O) groups excluding carboxylic acids is 2. The second kappa shape index (κ2) is 11.6. The summed E-state index contributed by atoms with van der Waals surface area (Å²) in [6, 6.07) is 13.0. The lowest BCUT2D eigenvalue weighted by molar-refractivity contribution is -0.146. The minimum Gasteiger partial charge on any atom is -0.497 e. The third-order valence-electron chi connectivity index (χ3n) is 9.11. The number of aromatic nitrogens is 3. The largest absolute Gasteiger partial charge is 0.497 e. The van der Waals surface area contributed by atoms with Gasteiger partial charge in [0.2, 0.25) is 8.41 Å². The van der Waals surface area contributed by atoms with Crippen molar-refractivity contribution in [2.75, 3.05) is 36.7 Å². The molecule has 0 radical (unpaired) electrons. The summed E-state index contributed by atoms with van der Waals surface area (Å²) in [6.07, 6.45) is 1.74. The van der Waals surface area contributed by atoms with Gasteiger partial charge in [0.25, 0.3) is 5.91 Å². The van der Waals surface area contributed by atoms with Crippen molar-refractivity contribution in [1.29, 1.82) is 0 Å². The van der Waals surface area contributed by atoms with E-state index in [4.69, 9.17) is 14.2 Å². The molecule has 2 aromatic carbocycles. The molecule has 0 aliphatic carbocycles. The van der Waals surface area contributed by atoms with Gasteiger partial charge in [0.1, 0.15) is 12.4 Å². The van der Waals surface area contributed by atoms with Gasteiger partial charge in [-0.1, -0.05) is 24.3 Å². The van der Waals surface area contributed by atoms with Crippen LogP contribution in [0.25, 0.3) is 0 Å². The van der Waals surface area contributed by atoms with Gasteiger partial charge in [-0.25, -0.2) is 4.79 Å². The van der Waals surface area contributed by atoms with Gasteiger partial charge in [-0.15, -0.1) is 5.10 Å².